The van der Waals surface area contributed by atoms with Crippen molar-refractivity contribution in [1.82, 2.24) is 14.5 Å². The molecule has 1 N–H and O–H groups in total. The number of carbonyl (C=O) groups excluding carboxylic acids is 1. The van der Waals surface area contributed by atoms with Gasteiger partial charge in [0.2, 0.25) is 10.0 Å². The average Bonchev–Trinajstić information content (AvgIpc) is 2.68. The number of benzene rings is 1. The molecule has 0 radical (unpaired) electrons. The Hall–Kier alpha value is -1.15. The van der Waals surface area contributed by atoms with Crippen molar-refractivity contribution in [3.8, 4) is 0 Å². The summed E-state index contributed by atoms with van der Waals surface area (Å²) in [5.74, 6) is 0.617. The van der Waals surface area contributed by atoms with E-state index in [2.05, 4.69) is 5.32 Å². The Balaban J connectivity index is 0.00000280. The van der Waals surface area contributed by atoms with E-state index in [0.29, 0.717) is 18.0 Å². The highest BCUT2D eigenvalue weighted by Crippen LogP contribution is 2.26. The highest BCUT2D eigenvalue weighted by Gasteiger charge is 2.31. The predicted octanol–water partition coefficient (Wildman–Crippen LogP) is 2.74. The number of piperidine rings is 2. The van der Waals surface area contributed by atoms with Crippen LogP contribution >= 0.6 is 12.4 Å². The molecule has 0 aliphatic carbocycles. The number of hydrogen-bond donors (Lipinski definition) is 1. The van der Waals surface area contributed by atoms with E-state index in [9.17, 15) is 13.2 Å². The van der Waals surface area contributed by atoms with Crippen LogP contribution in [-0.2, 0) is 10.0 Å². The van der Waals surface area contributed by atoms with Crippen molar-refractivity contribution in [2.75, 3.05) is 33.2 Å². The molecular formula is C20H32ClN3O3S. The lowest BCUT2D eigenvalue weighted by atomic mass is 9.96. The molecule has 1 aromatic rings. The summed E-state index contributed by atoms with van der Waals surface area (Å²) in [4.78, 5) is 14.9. The van der Waals surface area contributed by atoms with Gasteiger partial charge in [-0.1, -0.05) is 6.42 Å². The fourth-order valence-corrected chi connectivity index (χ4v) is 5.84. The van der Waals surface area contributed by atoms with Crippen LogP contribution in [0.3, 0.4) is 0 Å². The quantitative estimate of drug-likeness (QED) is 0.781. The molecule has 1 atom stereocenters. The molecule has 8 heteroatoms. The van der Waals surface area contributed by atoms with Gasteiger partial charge in [-0.05, 0) is 76.4 Å². The van der Waals surface area contributed by atoms with Gasteiger partial charge < -0.3 is 10.2 Å². The van der Waals surface area contributed by atoms with E-state index in [1.807, 2.05) is 18.9 Å². The summed E-state index contributed by atoms with van der Waals surface area (Å²) in [5, 5.41) is 3.20. The molecule has 3 rings (SSSR count). The van der Waals surface area contributed by atoms with Crippen molar-refractivity contribution in [3.05, 3.63) is 29.8 Å². The van der Waals surface area contributed by atoms with Crippen LogP contribution in [0.5, 0.6) is 0 Å². The molecule has 2 aliphatic heterocycles. The normalized spacial score (nSPS) is 21.9. The molecule has 0 saturated carbocycles. The van der Waals surface area contributed by atoms with Crippen LogP contribution in [0.2, 0.25) is 0 Å². The van der Waals surface area contributed by atoms with Gasteiger partial charge in [0.05, 0.1) is 4.90 Å². The zero-order valence-corrected chi connectivity index (χ0v) is 18.4. The first-order valence-corrected chi connectivity index (χ1v) is 11.4. The molecule has 1 unspecified atom stereocenters. The number of sulfonamides is 1. The Morgan fingerprint density at radius 1 is 1.07 bits per heavy atom. The van der Waals surface area contributed by atoms with E-state index in [1.54, 1.807) is 28.6 Å². The fraction of sp³-hybridized carbons (Fsp3) is 0.650. The first kappa shape index (κ1) is 23.1. The van der Waals surface area contributed by atoms with E-state index in [-0.39, 0.29) is 29.3 Å². The summed E-state index contributed by atoms with van der Waals surface area (Å²) in [5.41, 5.74) is 0.563. The Morgan fingerprint density at radius 2 is 1.71 bits per heavy atom. The molecule has 6 nitrogen and oxygen atoms in total. The molecule has 0 bridgehead atoms. The van der Waals surface area contributed by atoms with Crippen LogP contribution in [0.25, 0.3) is 0 Å². The smallest absolute Gasteiger partial charge is 0.253 e. The molecule has 0 aromatic heterocycles. The Morgan fingerprint density at radius 3 is 2.29 bits per heavy atom. The summed E-state index contributed by atoms with van der Waals surface area (Å²) in [6.07, 6.45) is 4.90. The minimum Gasteiger partial charge on any atom is -0.339 e. The van der Waals surface area contributed by atoms with Crippen LogP contribution in [-0.4, -0.2) is 62.8 Å². The van der Waals surface area contributed by atoms with Crippen molar-refractivity contribution in [1.29, 1.82) is 0 Å². The van der Waals surface area contributed by atoms with Gasteiger partial charge in [0, 0.05) is 31.2 Å². The van der Waals surface area contributed by atoms with Gasteiger partial charge in [-0.25, -0.2) is 8.42 Å². The van der Waals surface area contributed by atoms with Gasteiger partial charge in [-0.2, -0.15) is 4.31 Å². The van der Waals surface area contributed by atoms with Gasteiger partial charge in [-0.15, -0.1) is 12.4 Å². The minimum atomic E-state index is -3.49. The SMILES string of the molecule is CNCC1CCN(C(=O)c2ccc(S(=O)(=O)N3CCCCC3C)cc2)CC1.Cl. The zero-order chi connectivity index (χ0) is 19.4. The monoisotopic (exact) mass is 429 g/mol. The summed E-state index contributed by atoms with van der Waals surface area (Å²) < 4.78 is 27.4. The van der Waals surface area contributed by atoms with Crippen LogP contribution in [0.1, 0.15) is 49.4 Å². The number of likely N-dealkylation sites (tertiary alicyclic amines) is 1. The molecule has 1 aromatic carbocycles. The summed E-state index contributed by atoms with van der Waals surface area (Å²) >= 11 is 0. The number of halogens is 1. The van der Waals surface area contributed by atoms with Gasteiger partial charge in [-0.3, -0.25) is 4.79 Å². The molecule has 2 fully saturated rings. The zero-order valence-electron chi connectivity index (χ0n) is 16.8. The maximum atomic E-state index is 12.9. The lowest BCUT2D eigenvalue weighted by molar-refractivity contribution is 0.0691. The minimum absolute atomic E-state index is 0. The number of nitrogens with zero attached hydrogens (tertiary/aromatic N) is 2. The fourth-order valence-electron chi connectivity index (χ4n) is 4.15. The highest BCUT2D eigenvalue weighted by atomic mass is 35.5. The van der Waals surface area contributed by atoms with Crippen LogP contribution in [0.15, 0.2) is 29.2 Å². The first-order valence-electron chi connectivity index (χ1n) is 9.99. The van der Waals surface area contributed by atoms with E-state index in [1.165, 1.54) is 0 Å². The maximum absolute atomic E-state index is 12.9. The van der Waals surface area contributed by atoms with Crippen LogP contribution in [0, 0.1) is 5.92 Å². The second-order valence-corrected chi connectivity index (χ2v) is 9.67. The third kappa shape index (κ3) is 5.06. The Bertz CT molecular complexity index is 746. The predicted molar refractivity (Wildman–Crippen MR) is 113 cm³/mol. The van der Waals surface area contributed by atoms with Gasteiger partial charge in [0.25, 0.3) is 5.91 Å². The number of amides is 1. The van der Waals surface area contributed by atoms with Gasteiger partial charge >= 0.3 is 0 Å². The molecule has 2 heterocycles. The van der Waals surface area contributed by atoms with Crippen molar-refractivity contribution in [2.24, 2.45) is 5.92 Å². The molecule has 158 valence electrons. The Labute approximate surface area is 175 Å². The highest BCUT2D eigenvalue weighted by molar-refractivity contribution is 7.89. The number of rotatable bonds is 5. The topological polar surface area (TPSA) is 69.7 Å². The van der Waals surface area contributed by atoms with E-state index in [4.69, 9.17) is 0 Å². The summed E-state index contributed by atoms with van der Waals surface area (Å²) in [6, 6.07) is 6.51. The van der Waals surface area contributed by atoms with Gasteiger partial charge in [0.15, 0.2) is 0 Å². The third-order valence-electron chi connectivity index (χ3n) is 5.84. The number of carbonyl (C=O) groups is 1. The molecule has 28 heavy (non-hydrogen) atoms. The maximum Gasteiger partial charge on any atom is 0.253 e. The molecule has 0 spiro atoms. The molecule has 2 aliphatic rings. The van der Waals surface area contributed by atoms with E-state index >= 15 is 0 Å². The Kier molecular flexibility index (Phi) is 8.30. The van der Waals surface area contributed by atoms with Crippen LogP contribution in [0.4, 0.5) is 0 Å². The van der Waals surface area contributed by atoms with E-state index in [0.717, 1.165) is 51.7 Å². The average molecular weight is 430 g/mol. The second kappa shape index (κ2) is 10.1. The molecular weight excluding hydrogens is 398 g/mol. The number of hydrogen-bond acceptors (Lipinski definition) is 4. The number of nitrogens with one attached hydrogen (secondary N) is 1. The van der Waals surface area contributed by atoms with Crippen molar-refractivity contribution in [3.63, 3.8) is 0 Å². The van der Waals surface area contributed by atoms with E-state index < -0.39 is 10.0 Å². The largest absolute Gasteiger partial charge is 0.339 e. The van der Waals surface area contributed by atoms with Crippen molar-refractivity contribution < 1.29 is 13.2 Å². The van der Waals surface area contributed by atoms with Crippen molar-refractivity contribution >= 4 is 28.3 Å². The molecule has 2 saturated heterocycles. The second-order valence-electron chi connectivity index (χ2n) is 7.78. The van der Waals surface area contributed by atoms with Gasteiger partial charge in [0.1, 0.15) is 0 Å². The van der Waals surface area contributed by atoms with Crippen LogP contribution < -0.4 is 5.32 Å². The standard InChI is InChI=1S/C20H31N3O3S.ClH/c1-16-5-3-4-12-23(16)27(25,26)19-8-6-18(7-9-19)20(24)22-13-10-17(11-14-22)15-21-2;/h6-9,16-17,21H,3-5,10-15H2,1-2H3;1H. The van der Waals surface area contributed by atoms with Crippen molar-refractivity contribution in [2.45, 2.75) is 50.0 Å². The lowest BCUT2D eigenvalue weighted by Crippen LogP contribution is -2.42. The summed E-state index contributed by atoms with van der Waals surface area (Å²) in [7, 11) is -1.53. The third-order valence-corrected chi connectivity index (χ3v) is 7.87. The summed E-state index contributed by atoms with van der Waals surface area (Å²) in [6.45, 7) is 5.05. The first-order chi connectivity index (χ1) is 12.9. The molecule has 1 amide bonds. The lowest BCUT2D eigenvalue weighted by Gasteiger charge is -2.32.